The Morgan fingerprint density at radius 2 is 1.73 bits per heavy atom. The maximum Gasteiger partial charge on any atom is 0.431 e. The third-order valence-corrected chi connectivity index (χ3v) is 8.17. The summed E-state index contributed by atoms with van der Waals surface area (Å²) in [5.74, 6) is -6.36. The molecule has 5 rings (SSSR count). The van der Waals surface area contributed by atoms with Crippen molar-refractivity contribution in [1.82, 2.24) is 10.3 Å². The number of rotatable bonds is 8. The number of nitrogens with one attached hydrogen (secondary N) is 1. The second kappa shape index (κ2) is 13.4. The summed E-state index contributed by atoms with van der Waals surface area (Å²) in [5, 5.41) is 12.6. The molecule has 51 heavy (non-hydrogen) atoms. The number of nitrogens with two attached hydrogens (primary N) is 2. The number of pyridine rings is 1. The summed E-state index contributed by atoms with van der Waals surface area (Å²) in [4.78, 5) is 33.4. The first-order valence-corrected chi connectivity index (χ1v) is 15.3. The molecule has 0 aliphatic heterocycles. The van der Waals surface area contributed by atoms with Gasteiger partial charge in [0, 0.05) is 23.1 Å². The van der Waals surface area contributed by atoms with Gasteiger partial charge in [0.25, 0.3) is 11.8 Å². The number of aromatic nitrogens is 1. The number of allylic oxidation sites excluding steroid dienone is 2. The number of carbonyl (C=O) groups is 2. The Morgan fingerprint density at radius 3 is 2.33 bits per heavy atom. The van der Waals surface area contributed by atoms with Crippen molar-refractivity contribution in [3.63, 3.8) is 0 Å². The lowest BCUT2D eigenvalue weighted by atomic mass is 9.94. The number of carbonyl (C=O) groups excluding carboxylic acids is 2. The number of alkyl halides is 5. The zero-order valence-electron chi connectivity index (χ0n) is 26.8. The van der Waals surface area contributed by atoms with E-state index >= 15 is 8.78 Å². The minimum atomic E-state index is -5.13. The minimum Gasteiger partial charge on any atom is -0.394 e. The number of benzene rings is 2. The molecule has 0 saturated heterocycles. The lowest BCUT2D eigenvalue weighted by Crippen LogP contribution is -2.35. The molecule has 268 valence electrons. The average Bonchev–Trinajstić information content (AvgIpc) is 3.78. The lowest BCUT2D eigenvalue weighted by Gasteiger charge is -2.22. The number of aliphatic hydroxyl groups is 1. The quantitative estimate of drug-likeness (QED) is 0.185. The van der Waals surface area contributed by atoms with Crippen molar-refractivity contribution in [2.75, 3.05) is 6.54 Å². The van der Waals surface area contributed by atoms with Gasteiger partial charge in [0.15, 0.2) is 0 Å². The number of primary amides is 1. The third kappa shape index (κ3) is 8.20. The van der Waals surface area contributed by atoms with Crippen LogP contribution < -0.4 is 16.8 Å². The SMILES string of the molecule is CC(C)(O)C#Cc1ccc(-c2ccc(F)c(C(N)=O)c2)c([C@H](Cc2cc(F)cc(F)c2)NC(=O)CN=C2C(=C(N)C(F)(F)F)[C@H]3C[C@H]3C2(F)F)n1. The molecule has 2 aliphatic carbocycles. The molecule has 6 N–H and O–H groups in total. The highest BCUT2D eigenvalue weighted by molar-refractivity contribution is 6.11. The Hall–Kier alpha value is -5.30. The van der Waals surface area contributed by atoms with Gasteiger partial charge >= 0.3 is 6.18 Å². The van der Waals surface area contributed by atoms with Gasteiger partial charge in [-0.15, -0.1) is 0 Å². The Morgan fingerprint density at radius 1 is 1.06 bits per heavy atom. The summed E-state index contributed by atoms with van der Waals surface area (Å²) in [6.45, 7) is 1.67. The van der Waals surface area contributed by atoms with E-state index in [1.165, 1.54) is 32.0 Å². The largest absolute Gasteiger partial charge is 0.431 e. The summed E-state index contributed by atoms with van der Waals surface area (Å²) >= 11 is 0. The standard InChI is InChI=1S/C35H29F8N5O3/c1-33(2,51)8-7-20-4-5-21(17-3-6-25(38)23(12-17)32(45)50)29(47-20)26(11-16-9-18(36)13-19(37)10-16)48-27(49)15-46-31-28(30(44)35(41,42)43)22-14-24(22)34(31,39)40/h3-6,9-10,12-13,22,24,26,51H,11,14-15,44H2,1-2H3,(H2,45,50)(H,48,49)/t22-,24+,26-/m0/s1. The van der Waals surface area contributed by atoms with Gasteiger partial charge in [-0.2, -0.15) is 22.0 Å². The third-order valence-electron chi connectivity index (χ3n) is 8.17. The van der Waals surface area contributed by atoms with Crippen molar-refractivity contribution in [2.24, 2.45) is 28.3 Å². The van der Waals surface area contributed by atoms with Crippen LogP contribution in [0.5, 0.6) is 0 Å². The molecule has 3 aromatic rings. The smallest absolute Gasteiger partial charge is 0.394 e. The number of halogens is 8. The number of fused-ring (bicyclic) bond motifs is 1. The van der Waals surface area contributed by atoms with Gasteiger partial charge < -0.3 is 21.9 Å². The first-order valence-electron chi connectivity index (χ1n) is 15.3. The first-order chi connectivity index (χ1) is 23.7. The van der Waals surface area contributed by atoms with Gasteiger partial charge in [0.1, 0.15) is 46.7 Å². The van der Waals surface area contributed by atoms with Gasteiger partial charge in [-0.3, -0.25) is 14.6 Å². The van der Waals surface area contributed by atoms with Gasteiger partial charge in [-0.1, -0.05) is 12.0 Å². The van der Waals surface area contributed by atoms with Crippen LogP contribution in [0.3, 0.4) is 0 Å². The fraction of sp³-hybridized carbons (Fsp3) is 0.314. The maximum atomic E-state index is 15.1. The van der Waals surface area contributed by atoms with Gasteiger partial charge in [0.05, 0.1) is 17.3 Å². The van der Waals surface area contributed by atoms with Crippen molar-refractivity contribution >= 4 is 17.5 Å². The molecular weight excluding hydrogens is 690 g/mol. The molecule has 8 nitrogen and oxygen atoms in total. The van der Waals surface area contributed by atoms with Crippen molar-refractivity contribution in [3.8, 4) is 23.0 Å². The van der Waals surface area contributed by atoms with Gasteiger partial charge in [-0.05, 0) is 86.1 Å². The van der Waals surface area contributed by atoms with E-state index in [0.717, 1.165) is 24.3 Å². The maximum absolute atomic E-state index is 15.1. The predicted octanol–water partition coefficient (Wildman–Crippen LogP) is 5.29. The van der Waals surface area contributed by atoms with Crippen LogP contribution in [0, 0.1) is 41.1 Å². The number of hydrogen-bond donors (Lipinski definition) is 4. The highest BCUT2D eigenvalue weighted by atomic mass is 19.4. The van der Waals surface area contributed by atoms with Crippen molar-refractivity contribution in [2.45, 2.75) is 50.4 Å². The van der Waals surface area contributed by atoms with E-state index in [2.05, 4.69) is 27.1 Å². The molecule has 1 aromatic heterocycles. The fourth-order valence-electron chi connectivity index (χ4n) is 5.84. The fourth-order valence-corrected chi connectivity index (χ4v) is 5.84. The van der Waals surface area contributed by atoms with Crippen LogP contribution in [-0.4, -0.2) is 51.9 Å². The van der Waals surface area contributed by atoms with E-state index in [0.29, 0.717) is 6.07 Å². The van der Waals surface area contributed by atoms with Gasteiger partial charge in [-0.25, -0.2) is 18.2 Å². The number of aliphatic imine (C=N–C) groups is 1. The second-order valence-corrected chi connectivity index (χ2v) is 12.7. The molecule has 2 amide bonds. The molecule has 2 fully saturated rings. The Balaban J connectivity index is 1.61. The van der Waals surface area contributed by atoms with Crippen LogP contribution in [0.4, 0.5) is 35.1 Å². The van der Waals surface area contributed by atoms with E-state index in [1.54, 1.807) is 0 Å². The Kier molecular flexibility index (Phi) is 9.74. The molecule has 0 bridgehead atoms. The predicted molar refractivity (Wildman–Crippen MR) is 168 cm³/mol. The Labute approximate surface area is 285 Å². The number of hydrogen-bond acceptors (Lipinski definition) is 6. The second-order valence-electron chi connectivity index (χ2n) is 12.7. The first kappa shape index (κ1) is 37.0. The van der Waals surface area contributed by atoms with E-state index < -0.39 is 100 Å². The number of amides is 2. The molecule has 1 heterocycles. The zero-order valence-corrected chi connectivity index (χ0v) is 26.8. The van der Waals surface area contributed by atoms with E-state index in [1.807, 2.05) is 0 Å². The molecule has 0 spiro atoms. The van der Waals surface area contributed by atoms with Crippen molar-refractivity contribution in [1.29, 1.82) is 0 Å². The van der Waals surface area contributed by atoms with Crippen LogP contribution in [0.2, 0.25) is 0 Å². The van der Waals surface area contributed by atoms with E-state index in [9.17, 15) is 41.0 Å². The molecule has 2 aromatic carbocycles. The summed E-state index contributed by atoms with van der Waals surface area (Å²) in [7, 11) is 0. The van der Waals surface area contributed by atoms with Crippen LogP contribution in [0.1, 0.15) is 53.6 Å². The highest BCUT2D eigenvalue weighted by Crippen LogP contribution is 2.62. The van der Waals surface area contributed by atoms with Crippen LogP contribution in [0.25, 0.3) is 11.1 Å². The monoisotopic (exact) mass is 719 g/mol. The van der Waals surface area contributed by atoms with Crippen molar-refractivity contribution < 1.29 is 49.8 Å². The molecule has 2 aliphatic rings. The highest BCUT2D eigenvalue weighted by Gasteiger charge is 2.68. The molecule has 16 heteroatoms. The molecule has 0 unspecified atom stereocenters. The average molecular weight is 720 g/mol. The Bertz CT molecular complexity index is 2020. The van der Waals surface area contributed by atoms with Crippen LogP contribution in [-0.2, 0) is 11.2 Å². The van der Waals surface area contributed by atoms with Crippen LogP contribution in [0.15, 0.2) is 64.8 Å². The molecule has 0 radical (unpaired) electrons. The summed E-state index contributed by atoms with van der Waals surface area (Å²) in [6, 6.07) is 7.22. The molecule has 3 atom stereocenters. The normalized spacial score (nSPS) is 20.3. The minimum absolute atomic E-state index is 0.0141. The van der Waals surface area contributed by atoms with Gasteiger partial charge in [0.2, 0.25) is 5.91 Å². The summed E-state index contributed by atoms with van der Waals surface area (Å²) in [5.41, 5.74) is 4.88. The summed E-state index contributed by atoms with van der Waals surface area (Å²) < 4.78 is 113. The van der Waals surface area contributed by atoms with Crippen molar-refractivity contribution in [3.05, 3.63) is 99.8 Å². The topological polar surface area (TPSA) is 144 Å². The van der Waals surface area contributed by atoms with E-state index in [-0.39, 0.29) is 34.5 Å². The van der Waals surface area contributed by atoms with E-state index in [4.69, 9.17) is 11.5 Å². The lowest BCUT2D eigenvalue weighted by molar-refractivity contribution is -0.120. The molecular formula is C35H29F8N5O3. The summed E-state index contributed by atoms with van der Waals surface area (Å²) in [6.07, 6.45) is -5.78. The zero-order chi connectivity index (χ0) is 37.6. The number of nitrogens with zero attached hydrogens (tertiary/aromatic N) is 2. The van der Waals surface area contributed by atoms with Crippen LogP contribution >= 0.6 is 0 Å². The molecule has 2 saturated carbocycles.